The molecule has 4 rings (SSSR count). The van der Waals surface area contributed by atoms with Gasteiger partial charge in [-0.1, -0.05) is 42.5 Å². The number of imidazole rings is 1. The van der Waals surface area contributed by atoms with E-state index in [1.54, 1.807) is 6.92 Å². The summed E-state index contributed by atoms with van der Waals surface area (Å²) in [7, 11) is 0. The van der Waals surface area contributed by atoms with Gasteiger partial charge in [0, 0.05) is 26.4 Å². The van der Waals surface area contributed by atoms with Crippen LogP contribution in [0.4, 0.5) is 0 Å². The van der Waals surface area contributed by atoms with Crippen LogP contribution in [0.1, 0.15) is 25.6 Å². The number of nitrogens with one attached hydrogen (secondary N) is 1. The van der Waals surface area contributed by atoms with E-state index in [-0.39, 0.29) is 5.91 Å². The van der Waals surface area contributed by atoms with Gasteiger partial charge in [-0.05, 0) is 47.9 Å². The van der Waals surface area contributed by atoms with Crippen LogP contribution in [0, 0.1) is 0 Å². The van der Waals surface area contributed by atoms with Crippen LogP contribution in [0.3, 0.4) is 0 Å². The number of rotatable bonds is 9. The number of aromatic nitrogens is 2. The fourth-order valence-electron chi connectivity index (χ4n) is 3.75. The molecule has 0 aliphatic rings. The van der Waals surface area contributed by atoms with Crippen molar-refractivity contribution in [3.8, 4) is 5.75 Å². The van der Waals surface area contributed by atoms with Crippen molar-refractivity contribution in [2.75, 3.05) is 13.2 Å². The van der Waals surface area contributed by atoms with Crippen molar-refractivity contribution in [2.45, 2.75) is 32.7 Å². The molecule has 1 aromatic heterocycles. The summed E-state index contributed by atoms with van der Waals surface area (Å²) < 4.78 is 8.29. The van der Waals surface area contributed by atoms with Gasteiger partial charge < -0.3 is 14.6 Å². The largest absolute Gasteiger partial charge is 0.494 e. The summed E-state index contributed by atoms with van der Waals surface area (Å²) in [5, 5.41) is 5.27. The van der Waals surface area contributed by atoms with Gasteiger partial charge in [-0.2, -0.15) is 0 Å². The Morgan fingerprint density at radius 2 is 1.80 bits per heavy atom. The normalized spacial score (nSPS) is 11.1. The number of carbonyl (C=O) groups excluding carboxylic acids is 1. The summed E-state index contributed by atoms with van der Waals surface area (Å²) in [6.45, 7) is 3.72. The lowest BCUT2D eigenvalue weighted by Gasteiger charge is -2.11. The van der Waals surface area contributed by atoms with Gasteiger partial charge in [0.2, 0.25) is 5.91 Å². The minimum Gasteiger partial charge on any atom is -0.494 e. The highest BCUT2D eigenvalue weighted by Gasteiger charge is 2.10. The summed E-state index contributed by atoms with van der Waals surface area (Å²) in [5.41, 5.74) is 2.17. The van der Waals surface area contributed by atoms with Crippen molar-refractivity contribution in [1.82, 2.24) is 14.9 Å². The predicted molar refractivity (Wildman–Crippen MR) is 121 cm³/mol. The van der Waals surface area contributed by atoms with Gasteiger partial charge in [0.25, 0.3) is 0 Å². The van der Waals surface area contributed by atoms with E-state index >= 15 is 0 Å². The number of hydrogen-bond donors (Lipinski definition) is 1. The van der Waals surface area contributed by atoms with Crippen molar-refractivity contribution in [3.63, 3.8) is 0 Å². The first-order valence-corrected chi connectivity index (χ1v) is 10.5. The van der Waals surface area contributed by atoms with E-state index in [9.17, 15) is 4.79 Å². The van der Waals surface area contributed by atoms with E-state index in [0.29, 0.717) is 13.2 Å². The first kappa shape index (κ1) is 20.0. The van der Waals surface area contributed by atoms with Gasteiger partial charge in [0.1, 0.15) is 11.6 Å². The molecule has 0 aliphatic carbocycles. The first-order chi connectivity index (χ1) is 14.7. The van der Waals surface area contributed by atoms with Crippen LogP contribution < -0.4 is 10.1 Å². The zero-order valence-electron chi connectivity index (χ0n) is 17.3. The van der Waals surface area contributed by atoms with Crippen LogP contribution in [0.5, 0.6) is 5.75 Å². The summed E-state index contributed by atoms with van der Waals surface area (Å²) in [4.78, 5) is 15.9. The van der Waals surface area contributed by atoms with E-state index < -0.39 is 0 Å². The van der Waals surface area contributed by atoms with Crippen LogP contribution in [0.25, 0.3) is 21.8 Å². The van der Waals surface area contributed by atoms with Gasteiger partial charge >= 0.3 is 0 Å². The molecule has 0 unspecified atom stereocenters. The maximum atomic E-state index is 11.1. The van der Waals surface area contributed by atoms with Crippen LogP contribution in [-0.4, -0.2) is 28.6 Å². The third-order valence-electron chi connectivity index (χ3n) is 5.20. The van der Waals surface area contributed by atoms with Gasteiger partial charge in [-0.15, -0.1) is 0 Å². The molecule has 0 saturated heterocycles. The van der Waals surface area contributed by atoms with Gasteiger partial charge in [0.15, 0.2) is 0 Å². The molecule has 0 saturated carbocycles. The Hall–Kier alpha value is -3.34. The molecule has 5 heteroatoms. The van der Waals surface area contributed by atoms with E-state index in [0.717, 1.165) is 48.4 Å². The number of aryl methyl sites for hydroxylation is 2. The summed E-state index contributed by atoms with van der Waals surface area (Å²) >= 11 is 0. The number of benzene rings is 3. The van der Waals surface area contributed by atoms with Crippen molar-refractivity contribution in [3.05, 3.63) is 72.6 Å². The maximum absolute atomic E-state index is 11.1. The minimum absolute atomic E-state index is 0.00865. The lowest BCUT2D eigenvalue weighted by atomic mass is 10.1. The molecule has 4 aromatic rings. The smallest absolute Gasteiger partial charge is 0.216 e. The third kappa shape index (κ3) is 4.79. The number of nitrogens with zero attached hydrogens (tertiary/aromatic N) is 2. The highest BCUT2D eigenvalue weighted by Crippen LogP contribution is 2.21. The van der Waals surface area contributed by atoms with E-state index in [1.165, 1.54) is 10.8 Å². The molecule has 5 nitrogen and oxygen atoms in total. The molecule has 30 heavy (non-hydrogen) atoms. The molecule has 0 spiro atoms. The van der Waals surface area contributed by atoms with Crippen molar-refractivity contribution in [1.29, 1.82) is 0 Å². The molecular weight excluding hydrogens is 374 g/mol. The molecule has 3 aromatic carbocycles. The second-order valence-electron chi connectivity index (χ2n) is 7.47. The Morgan fingerprint density at radius 1 is 1.00 bits per heavy atom. The molecule has 0 atom stereocenters. The van der Waals surface area contributed by atoms with Gasteiger partial charge in [-0.3, -0.25) is 4.79 Å². The predicted octanol–water partition coefficient (Wildman–Crippen LogP) is 4.73. The van der Waals surface area contributed by atoms with Crippen LogP contribution in [0.2, 0.25) is 0 Å². The Morgan fingerprint density at radius 3 is 2.67 bits per heavy atom. The Kier molecular flexibility index (Phi) is 6.28. The lowest BCUT2D eigenvalue weighted by Crippen LogP contribution is -2.21. The average Bonchev–Trinajstić information content (AvgIpc) is 3.11. The van der Waals surface area contributed by atoms with Crippen LogP contribution >= 0.6 is 0 Å². The SMILES string of the molecule is CC(=O)NCCCc1nc2ccccc2n1CCCOc1ccc2ccccc2c1. The number of para-hydroxylation sites is 2. The molecule has 0 radical (unpaired) electrons. The van der Waals surface area contributed by atoms with Crippen molar-refractivity contribution >= 4 is 27.7 Å². The maximum Gasteiger partial charge on any atom is 0.216 e. The fourth-order valence-corrected chi connectivity index (χ4v) is 3.75. The Balaban J connectivity index is 1.38. The molecule has 0 bridgehead atoms. The number of ether oxygens (including phenoxy) is 1. The molecule has 1 heterocycles. The second-order valence-corrected chi connectivity index (χ2v) is 7.47. The quantitative estimate of drug-likeness (QED) is 0.413. The van der Waals surface area contributed by atoms with E-state index in [2.05, 4.69) is 46.3 Å². The number of amides is 1. The summed E-state index contributed by atoms with van der Waals surface area (Å²) in [5.74, 6) is 1.97. The molecular formula is C25H27N3O2. The third-order valence-corrected chi connectivity index (χ3v) is 5.20. The summed E-state index contributed by atoms with van der Waals surface area (Å²) in [6, 6.07) is 22.8. The topological polar surface area (TPSA) is 56.2 Å². The molecule has 154 valence electrons. The fraction of sp³-hybridized carbons (Fsp3) is 0.280. The van der Waals surface area contributed by atoms with E-state index in [4.69, 9.17) is 9.72 Å². The zero-order chi connectivity index (χ0) is 20.8. The summed E-state index contributed by atoms with van der Waals surface area (Å²) in [6.07, 6.45) is 2.60. The first-order valence-electron chi connectivity index (χ1n) is 10.5. The number of hydrogen-bond acceptors (Lipinski definition) is 3. The molecule has 0 aliphatic heterocycles. The molecule has 0 fully saturated rings. The number of carbonyl (C=O) groups is 1. The Bertz CT molecular complexity index is 1150. The van der Waals surface area contributed by atoms with E-state index in [1.807, 2.05) is 30.3 Å². The highest BCUT2D eigenvalue weighted by atomic mass is 16.5. The molecule has 1 N–H and O–H groups in total. The van der Waals surface area contributed by atoms with Gasteiger partial charge in [-0.25, -0.2) is 4.98 Å². The number of fused-ring (bicyclic) bond motifs is 2. The van der Waals surface area contributed by atoms with Crippen LogP contribution in [-0.2, 0) is 17.8 Å². The Labute approximate surface area is 176 Å². The molecule has 1 amide bonds. The van der Waals surface area contributed by atoms with Crippen molar-refractivity contribution in [2.24, 2.45) is 0 Å². The van der Waals surface area contributed by atoms with Gasteiger partial charge in [0.05, 0.1) is 17.6 Å². The average molecular weight is 402 g/mol. The second kappa shape index (κ2) is 9.44. The highest BCUT2D eigenvalue weighted by molar-refractivity contribution is 5.83. The zero-order valence-corrected chi connectivity index (χ0v) is 17.3. The van der Waals surface area contributed by atoms with Crippen molar-refractivity contribution < 1.29 is 9.53 Å². The monoisotopic (exact) mass is 401 g/mol. The minimum atomic E-state index is 0.00865. The standard InChI is InChI=1S/C25H27N3O2/c1-19(29)26-15-6-12-25-27-23-10-4-5-11-24(23)28(25)16-7-17-30-22-14-13-20-8-2-3-9-21(20)18-22/h2-5,8-11,13-14,18H,6-7,12,15-17H2,1H3,(H,26,29). The lowest BCUT2D eigenvalue weighted by molar-refractivity contribution is -0.118. The van der Waals surface area contributed by atoms with Crippen LogP contribution in [0.15, 0.2) is 66.7 Å².